The molecule has 0 radical (unpaired) electrons. The van der Waals surface area contributed by atoms with Gasteiger partial charge in [-0.1, -0.05) is 72.1 Å². The molecule has 1 aliphatic carbocycles. The lowest BCUT2D eigenvalue weighted by Crippen LogP contribution is -2.11. The van der Waals surface area contributed by atoms with Crippen molar-refractivity contribution in [3.63, 3.8) is 0 Å². The quantitative estimate of drug-likeness (QED) is 0.413. The zero-order valence-electron chi connectivity index (χ0n) is 14.5. The first-order chi connectivity index (χ1) is 11.1. The van der Waals surface area contributed by atoms with Crippen molar-refractivity contribution >= 4 is 20.9 Å². The van der Waals surface area contributed by atoms with E-state index in [0.717, 1.165) is 18.4 Å². The Morgan fingerprint density at radius 1 is 1.30 bits per heavy atom. The maximum absolute atomic E-state index is 4.45. The Morgan fingerprint density at radius 2 is 2.04 bits per heavy atom. The molecular weight excluding hydrogens is 295 g/mol. The largest absolute Gasteiger partial charge is 0.114 e. The van der Waals surface area contributed by atoms with Gasteiger partial charge in [0.25, 0.3) is 0 Å². The van der Waals surface area contributed by atoms with Gasteiger partial charge in [0.2, 0.25) is 0 Å². The van der Waals surface area contributed by atoms with E-state index in [2.05, 4.69) is 85.2 Å². The summed E-state index contributed by atoms with van der Waals surface area (Å²) in [5.74, 6) is 2.53. The second-order valence-corrected chi connectivity index (χ2v) is 6.58. The third-order valence-electron chi connectivity index (χ3n) is 4.60. The predicted molar refractivity (Wildman–Crippen MR) is 108 cm³/mol. The van der Waals surface area contributed by atoms with Crippen molar-refractivity contribution in [3.05, 3.63) is 82.7 Å². The van der Waals surface area contributed by atoms with Gasteiger partial charge in [-0.3, -0.25) is 0 Å². The van der Waals surface area contributed by atoms with Crippen molar-refractivity contribution in [2.45, 2.75) is 33.6 Å². The Balaban J connectivity index is 2.44. The molecule has 0 heterocycles. The van der Waals surface area contributed by atoms with Crippen molar-refractivity contribution in [3.8, 4) is 0 Å². The maximum atomic E-state index is 4.45. The van der Waals surface area contributed by atoms with E-state index in [0.29, 0.717) is 5.92 Å². The third kappa shape index (κ3) is 4.21. The number of allylic oxidation sites excluding steroid dienone is 7. The summed E-state index contributed by atoms with van der Waals surface area (Å²) in [5.41, 5.74) is 7.88. The van der Waals surface area contributed by atoms with Crippen molar-refractivity contribution in [2.24, 2.45) is 5.92 Å². The average molecular weight is 322 g/mol. The van der Waals surface area contributed by atoms with Crippen LogP contribution < -0.4 is 0 Å². The van der Waals surface area contributed by atoms with E-state index in [4.69, 9.17) is 0 Å². The van der Waals surface area contributed by atoms with Crippen molar-refractivity contribution < 1.29 is 0 Å². The Kier molecular flexibility index (Phi) is 6.37. The molecule has 0 saturated carbocycles. The highest BCUT2D eigenvalue weighted by Crippen LogP contribution is 2.39. The molecule has 2 rings (SSSR count). The van der Waals surface area contributed by atoms with Gasteiger partial charge in [0.15, 0.2) is 0 Å². The molecule has 0 nitrogen and oxygen atoms in total. The maximum Gasteiger partial charge on any atom is -0.00840 e. The van der Waals surface area contributed by atoms with Gasteiger partial charge in [-0.2, -0.15) is 0 Å². The van der Waals surface area contributed by atoms with E-state index in [-0.39, 0.29) is 0 Å². The second-order valence-electron chi connectivity index (χ2n) is 6.19. The molecule has 23 heavy (non-hydrogen) atoms. The Bertz CT molecular complexity index is 698. The molecular formula is C22H27P. The summed E-state index contributed by atoms with van der Waals surface area (Å²) >= 11 is 0. The van der Waals surface area contributed by atoms with Crippen LogP contribution >= 0.6 is 9.24 Å². The molecule has 120 valence electrons. The van der Waals surface area contributed by atoms with Crippen molar-refractivity contribution in [1.82, 2.24) is 0 Å². The fourth-order valence-corrected chi connectivity index (χ4v) is 3.34. The van der Waals surface area contributed by atoms with E-state index in [1.54, 1.807) is 0 Å². The van der Waals surface area contributed by atoms with Crippen LogP contribution in [0.25, 0.3) is 11.6 Å². The highest BCUT2D eigenvalue weighted by Gasteiger charge is 2.22. The molecule has 1 heteroatoms. The first-order valence-corrected chi connectivity index (χ1v) is 8.91. The molecule has 2 unspecified atom stereocenters. The van der Waals surface area contributed by atoms with Crippen LogP contribution in [0, 0.1) is 5.92 Å². The lowest BCUT2D eigenvalue weighted by molar-refractivity contribution is 0.618. The van der Waals surface area contributed by atoms with Gasteiger partial charge >= 0.3 is 0 Å². The molecule has 0 aliphatic heterocycles. The monoisotopic (exact) mass is 322 g/mol. The van der Waals surface area contributed by atoms with E-state index < -0.39 is 0 Å². The molecule has 0 amide bonds. The molecule has 0 spiro atoms. The van der Waals surface area contributed by atoms with E-state index in [1.807, 2.05) is 5.82 Å². The first kappa shape index (κ1) is 17.7. The van der Waals surface area contributed by atoms with Crippen LogP contribution in [-0.4, -0.2) is 0 Å². The Labute approximate surface area is 143 Å². The molecule has 0 bridgehead atoms. The van der Waals surface area contributed by atoms with Gasteiger partial charge in [-0.05, 0) is 61.8 Å². The summed E-state index contributed by atoms with van der Waals surface area (Å²) in [4.78, 5) is 0. The molecule has 1 aromatic rings. The Hall–Kier alpha value is -1.65. The van der Waals surface area contributed by atoms with Crippen LogP contribution in [0.2, 0.25) is 0 Å². The lowest BCUT2D eigenvalue weighted by atomic mass is 9.77. The molecule has 0 aromatic heterocycles. The third-order valence-corrected chi connectivity index (χ3v) is 4.80. The topological polar surface area (TPSA) is 0 Å². The van der Waals surface area contributed by atoms with E-state index in [9.17, 15) is 0 Å². The minimum absolute atomic E-state index is 0.524. The van der Waals surface area contributed by atoms with E-state index >= 15 is 0 Å². The smallest absolute Gasteiger partial charge is 0.00840 e. The fraction of sp³-hybridized carbons (Fsp3) is 0.273. The highest BCUT2D eigenvalue weighted by molar-refractivity contribution is 7.21. The standard InChI is InChI=1S/C22H27P/c1-5-6-9-20-14-16(2)17(3)15-22(20)18(4)21-11-8-7-10-19(21)12-13-23/h5-8,10-13,15,20H,4,9,14,23H2,1-3H3/b6-5?,13-12-. The molecule has 0 N–H and O–H groups in total. The first-order valence-electron chi connectivity index (χ1n) is 8.24. The SMILES string of the molecule is C=C(C1=CC(C)=C(C)CC1CC=CC)c1ccccc1/C=C\P. The van der Waals surface area contributed by atoms with Crippen LogP contribution in [-0.2, 0) is 0 Å². The lowest BCUT2D eigenvalue weighted by Gasteiger charge is -2.27. The van der Waals surface area contributed by atoms with E-state index in [1.165, 1.54) is 27.8 Å². The Morgan fingerprint density at radius 3 is 2.74 bits per heavy atom. The zero-order chi connectivity index (χ0) is 16.8. The number of hydrogen-bond donors (Lipinski definition) is 0. The molecule has 2 atom stereocenters. The van der Waals surface area contributed by atoms with Gasteiger partial charge in [-0.15, -0.1) is 9.24 Å². The van der Waals surface area contributed by atoms with Crippen LogP contribution in [0.3, 0.4) is 0 Å². The predicted octanol–water partition coefficient (Wildman–Crippen LogP) is 6.79. The van der Waals surface area contributed by atoms with Gasteiger partial charge in [-0.25, -0.2) is 0 Å². The van der Waals surface area contributed by atoms with Crippen LogP contribution in [0.5, 0.6) is 0 Å². The average Bonchev–Trinajstić information content (AvgIpc) is 2.56. The molecule has 0 saturated heterocycles. The van der Waals surface area contributed by atoms with Crippen molar-refractivity contribution in [2.75, 3.05) is 0 Å². The van der Waals surface area contributed by atoms with Crippen molar-refractivity contribution in [1.29, 1.82) is 0 Å². The minimum atomic E-state index is 0.524. The summed E-state index contributed by atoms with van der Waals surface area (Å²) in [6, 6.07) is 8.51. The summed E-state index contributed by atoms with van der Waals surface area (Å²) in [6.45, 7) is 11.0. The number of hydrogen-bond acceptors (Lipinski definition) is 0. The molecule has 1 aromatic carbocycles. The normalized spacial score (nSPS) is 18.8. The fourth-order valence-electron chi connectivity index (χ4n) is 3.14. The van der Waals surface area contributed by atoms with Crippen LogP contribution in [0.15, 0.2) is 71.6 Å². The summed E-state index contributed by atoms with van der Waals surface area (Å²) in [5, 5.41) is 0. The second kappa shape index (κ2) is 8.27. The van der Waals surface area contributed by atoms with Gasteiger partial charge in [0, 0.05) is 0 Å². The summed E-state index contributed by atoms with van der Waals surface area (Å²) in [7, 11) is 2.65. The molecule has 0 fully saturated rings. The van der Waals surface area contributed by atoms with Gasteiger partial charge in [0.05, 0.1) is 0 Å². The number of benzene rings is 1. The zero-order valence-corrected chi connectivity index (χ0v) is 15.6. The van der Waals surface area contributed by atoms with Crippen LogP contribution in [0.1, 0.15) is 44.7 Å². The van der Waals surface area contributed by atoms with Crippen LogP contribution in [0.4, 0.5) is 0 Å². The highest BCUT2D eigenvalue weighted by atomic mass is 31.0. The summed E-state index contributed by atoms with van der Waals surface area (Å²) < 4.78 is 0. The van der Waals surface area contributed by atoms with Gasteiger partial charge < -0.3 is 0 Å². The minimum Gasteiger partial charge on any atom is -0.114 e. The summed E-state index contributed by atoms with van der Waals surface area (Å²) in [6.07, 6.45) is 11.1. The van der Waals surface area contributed by atoms with Gasteiger partial charge in [0.1, 0.15) is 0 Å². The number of rotatable bonds is 5. The molecule has 1 aliphatic rings.